The molecule has 1 nitrogen and oxygen atoms in total. The maximum Gasteiger partial charge on any atom is 0.166 e. The zero-order valence-corrected chi connectivity index (χ0v) is 9.92. The summed E-state index contributed by atoms with van der Waals surface area (Å²) in [6.45, 7) is 8.42. The van der Waals surface area contributed by atoms with Crippen LogP contribution in [0, 0.1) is 25.2 Å². The van der Waals surface area contributed by atoms with Gasteiger partial charge in [0, 0.05) is 11.5 Å². The highest BCUT2D eigenvalue weighted by Gasteiger charge is 2.50. The number of hydrogen-bond donors (Lipinski definition) is 0. The van der Waals surface area contributed by atoms with Crippen LogP contribution in [-0.2, 0) is 0 Å². The highest BCUT2D eigenvalue weighted by atomic mass is 16.1. The van der Waals surface area contributed by atoms with Crippen LogP contribution in [0.2, 0.25) is 0 Å². The van der Waals surface area contributed by atoms with Crippen LogP contribution >= 0.6 is 0 Å². The molecule has 1 aromatic carbocycles. The van der Waals surface area contributed by atoms with Gasteiger partial charge in [0.25, 0.3) is 0 Å². The van der Waals surface area contributed by atoms with Crippen LogP contribution in [0.4, 0.5) is 0 Å². The van der Waals surface area contributed by atoms with E-state index in [-0.39, 0.29) is 11.3 Å². The van der Waals surface area contributed by atoms with Crippen molar-refractivity contribution in [1.29, 1.82) is 0 Å². The molecule has 0 heterocycles. The van der Waals surface area contributed by atoms with Gasteiger partial charge < -0.3 is 0 Å². The molecule has 0 bridgehead atoms. The first kappa shape index (κ1) is 10.4. The lowest BCUT2D eigenvalue weighted by Gasteiger charge is -2.05. The summed E-state index contributed by atoms with van der Waals surface area (Å²) in [7, 11) is 0. The Morgan fingerprint density at radius 1 is 1.20 bits per heavy atom. The second kappa shape index (κ2) is 3.19. The van der Waals surface area contributed by atoms with Gasteiger partial charge in [0.05, 0.1) is 0 Å². The summed E-state index contributed by atoms with van der Waals surface area (Å²) in [6.07, 6.45) is 1.04. The second-order valence-electron chi connectivity index (χ2n) is 5.49. The Labute approximate surface area is 91.5 Å². The monoisotopic (exact) mass is 202 g/mol. The molecule has 0 N–H and O–H groups in total. The van der Waals surface area contributed by atoms with E-state index < -0.39 is 0 Å². The third-order valence-electron chi connectivity index (χ3n) is 3.34. The van der Waals surface area contributed by atoms with Crippen molar-refractivity contribution in [3.63, 3.8) is 0 Å². The number of carbonyl (C=O) groups is 1. The third-order valence-corrected chi connectivity index (χ3v) is 3.34. The van der Waals surface area contributed by atoms with Crippen LogP contribution < -0.4 is 0 Å². The summed E-state index contributed by atoms with van der Waals surface area (Å²) < 4.78 is 0. The fraction of sp³-hybridized carbons (Fsp3) is 0.500. The molecule has 0 saturated heterocycles. The van der Waals surface area contributed by atoms with E-state index in [1.165, 1.54) is 11.1 Å². The van der Waals surface area contributed by atoms with Gasteiger partial charge in [0.15, 0.2) is 5.78 Å². The van der Waals surface area contributed by atoms with Crippen molar-refractivity contribution >= 4 is 5.78 Å². The molecule has 1 aromatic rings. The Morgan fingerprint density at radius 2 is 1.67 bits per heavy atom. The van der Waals surface area contributed by atoms with Crippen molar-refractivity contribution in [2.75, 3.05) is 0 Å². The van der Waals surface area contributed by atoms with Crippen LogP contribution in [-0.4, -0.2) is 5.78 Å². The van der Waals surface area contributed by atoms with Crippen molar-refractivity contribution in [1.82, 2.24) is 0 Å². The molecule has 0 amide bonds. The summed E-state index contributed by atoms with van der Waals surface area (Å²) in [5.74, 6) is 0.575. The molecule has 1 aliphatic carbocycles. The average molecular weight is 202 g/mol. The molecular formula is C14H18O. The van der Waals surface area contributed by atoms with Gasteiger partial charge in [-0.05, 0) is 37.8 Å². The van der Waals surface area contributed by atoms with Crippen LogP contribution in [0.3, 0.4) is 0 Å². The van der Waals surface area contributed by atoms with Gasteiger partial charge in [-0.1, -0.05) is 31.0 Å². The minimum absolute atomic E-state index is 0.231. The van der Waals surface area contributed by atoms with Crippen LogP contribution in [0.5, 0.6) is 0 Å². The number of benzene rings is 1. The van der Waals surface area contributed by atoms with Crippen molar-refractivity contribution < 1.29 is 4.79 Å². The molecule has 80 valence electrons. The molecule has 1 fully saturated rings. The first-order valence-electron chi connectivity index (χ1n) is 5.53. The minimum atomic E-state index is 0.231. The van der Waals surface area contributed by atoms with E-state index in [1.54, 1.807) is 0 Å². The zero-order valence-electron chi connectivity index (χ0n) is 9.92. The first-order valence-corrected chi connectivity index (χ1v) is 5.53. The molecule has 1 atom stereocenters. The van der Waals surface area contributed by atoms with Gasteiger partial charge in [0.1, 0.15) is 0 Å². The van der Waals surface area contributed by atoms with E-state index in [9.17, 15) is 4.79 Å². The number of hydrogen-bond acceptors (Lipinski definition) is 1. The summed E-state index contributed by atoms with van der Waals surface area (Å²) in [5.41, 5.74) is 3.48. The molecule has 0 spiro atoms. The van der Waals surface area contributed by atoms with Gasteiger partial charge in [-0.3, -0.25) is 4.79 Å². The quantitative estimate of drug-likeness (QED) is 0.670. The number of ketones is 1. The predicted molar refractivity (Wildman–Crippen MR) is 62.1 cm³/mol. The van der Waals surface area contributed by atoms with Gasteiger partial charge in [-0.25, -0.2) is 0 Å². The highest BCUT2D eigenvalue weighted by molar-refractivity contribution is 6.00. The Balaban J connectivity index is 2.27. The number of carbonyl (C=O) groups excluding carboxylic acids is 1. The minimum Gasteiger partial charge on any atom is -0.294 e. The van der Waals surface area contributed by atoms with E-state index in [2.05, 4.69) is 19.9 Å². The van der Waals surface area contributed by atoms with Crippen molar-refractivity contribution in [2.45, 2.75) is 34.1 Å². The van der Waals surface area contributed by atoms with Gasteiger partial charge >= 0.3 is 0 Å². The summed E-state index contributed by atoms with van der Waals surface area (Å²) in [6, 6.07) is 6.11. The summed E-state index contributed by atoms with van der Waals surface area (Å²) >= 11 is 0. The van der Waals surface area contributed by atoms with Crippen LogP contribution in [0.15, 0.2) is 18.2 Å². The van der Waals surface area contributed by atoms with Crippen LogP contribution in [0.1, 0.15) is 41.8 Å². The number of rotatable bonds is 2. The zero-order chi connectivity index (χ0) is 11.2. The van der Waals surface area contributed by atoms with Crippen molar-refractivity contribution in [3.8, 4) is 0 Å². The molecule has 0 aromatic heterocycles. The molecule has 1 aliphatic rings. The molecular weight excluding hydrogens is 184 g/mol. The lowest BCUT2D eigenvalue weighted by Crippen LogP contribution is -2.07. The predicted octanol–water partition coefficient (Wildman–Crippen LogP) is 3.53. The largest absolute Gasteiger partial charge is 0.294 e. The summed E-state index contributed by atoms with van der Waals surface area (Å²) in [4.78, 5) is 12.1. The maximum atomic E-state index is 12.1. The smallest absolute Gasteiger partial charge is 0.166 e. The third kappa shape index (κ3) is 1.97. The Hall–Kier alpha value is -1.11. The van der Waals surface area contributed by atoms with Crippen molar-refractivity contribution in [2.24, 2.45) is 11.3 Å². The maximum absolute atomic E-state index is 12.1. The van der Waals surface area contributed by atoms with Gasteiger partial charge in [0.2, 0.25) is 0 Å². The summed E-state index contributed by atoms with van der Waals surface area (Å²) in [5, 5.41) is 0. The Morgan fingerprint density at radius 3 is 2.07 bits per heavy atom. The SMILES string of the molecule is Cc1cc(C)cc(C(=O)C2CC2(C)C)c1. The Bertz CT molecular complexity index is 395. The van der Waals surface area contributed by atoms with E-state index in [4.69, 9.17) is 0 Å². The van der Waals surface area contributed by atoms with E-state index in [0.29, 0.717) is 5.78 Å². The molecule has 1 saturated carbocycles. The molecule has 0 aliphatic heterocycles. The fourth-order valence-electron chi connectivity index (χ4n) is 2.23. The lowest BCUT2D eigenvalue weighted by molar-refractivity contribution is 0.0953. The second-order valence-corrected chi connectivity index (χ2v) is 5.49. The normalized spacial score (nSPS) is 22.5. The molecule has 0 radical (unpaired) electrons. The standard InChI is InChI=1S/C14H18O/c1-9-5-10(2)7-11(6-9)13(15)12-8-14(12,3)4/h5-7,12H,8H2,1-4H3. The topological polar surface area (TPSA) is 17.1 Å². The van der Waals surface area contributed by atoms with E-state index in [0.717, 1.165) is 12.0 Å². The number of aryl methyl sites for hydroxylation is 2. The van der Waals surface area contributed by atoms with Crippen LogP contribution in [0.25, 0.3) is 0 Å². The number of Topliss-reactive ketones (excluding diaryl/α,β-unsaturated/α-hetero) is 1. The Kier molecular flexibility index (Phi) is 2.22. The fourth-order valence-corrected chi connectivity index (χ4v) is 2.23. The van der Waals surface area contributed by atoms with Gasteiger partial charge in [-0.15, -0.1) is 0 Å². The lowest BCUT2D eigenvalue weighted by atomic mass is 9.98. The van der Waals surface area contributed by atoms with Gasteiger partial charge in [-0.2, -0.15) is 0 Å². The molecule has 1 unspecified atom stereocenters. The average Bonchev–Trinajstić information content (AvgIpc) is 2.72. The molecule has 15 heavy (non-hydrogen) atoms. The van der Waals surface area contributed by atoms with E-state index >= 15 is 0 Å². The first-order chi connectivity index (χ1) is 6.90. The molecule has 2 rings (SSSR count). The molecule has 1 heteroatoms. The van der Waals surface area contributed by atoms with Crippen molar-refractivity contribution in [3.05, 3.63) is 34.9 Å². The van der Waals surface area contributed by atoms with E-state index in [1.807, 2.05) is 26.0 Å². The highest BCUT2D eigenvalue weighted by Crippen LogP contribution is 2.53.